The Morgan fingerprint density at radius 3 is 2.07 bits per heavy atom. The summed E-state index contributed by atoms with van der Waals surface area (Å²) in [6.07, 6.45) is 5.09. The second kappa shape index (κ2) is 10.5. The van der Waals surface area contributed by atoms with Crippen molar-refractivity contribution < 1.29 is 14.7 Å². The number of carbonyl (C=O) groups excluding carboxylic acids is 2. The lowest BCUT2D eigenvalue weighted by molar-refractivity contribution is -0.143. The summed E-state index contributed by atoms with van der Waals surface area (Å²) in [4.78, 5) is 25.6. The topological polar surface area (TPSA) is 140 Å². The third kappa shape index (κ3) is 6.14. The molecule has 0 saturated heterocycles. The van der Waals surface area contributed by atoms with Gasteiger partial charge in [0.05, 0.1) is 0 Å². The fourth-order valence-corrected chi connectivity index (χ4v) is 3.53. The van der Waals surface area contributed by atoms with Gasteiger partial charge in [0, 0.05) is 19.6 Å². The number of amides is 2. The molecule has 28 heavy (non-hydrogen) atoms. The molecular weight excluding hydrogens is 358 g/mol. The van der Waals surface area contributed by atoms with E-state index in [0.29, 0.717) is 38.9 Å². The third-order valence-corrected chi connectivity index (χ3v) is 5.17. The summed E-state index contributed by atoms with van der Waals surface area (Å²) in [5.41, 5.74) is 5.27. The number of unbranched alkanes of at least 4 members (excludes halogenated alkanes) is 1. The minimum absolute atomic E-state index is 0.0575. The van der Waals surface area contributed by atoms with Gasteiger partial charge in [0.25, 0.3) is 0 Å². The van der Waals surface area contributed by atoms with Gasteiger partial charge in [-0.05, 0) is 49.8 Å². The Balaban J connectivity index is 1.78. The Morgan fingerprint density at radius 1 is 0.964 bits per heavy atom. The number of guanidine groups is 1. The molecule has 154 valence electrons. The van der Waals surface area contributed by atoms with E-state index in [0.717, 1.165) is 31.2 Å². The molecule has 2 rings (SSSR count). The number of nitrogens with two attached hydrogens (primary N) is 1. The van der Waals surface area contributed by atoms with Crippen molar-refractivity contribution in [3.8, 4) is 5.75 Å². The van der Waals surface area contributed by atoms with E-state index in [1.165, 1.54) is 0 Å². The molecule has 7 N–H and O–H groups in total. The van der Waals surface area contributed by atoms with Crippen molar-refractivity contribution in [3.05, 3.63) is 29.8 Å². The zero-order chi connectivity index (χ0) is 20.4. The summed E-state index contributed by atoms with van der Waals surface area (Å²) < 4.78 is 0. The van der Waals surface area contributed by atoms with Crippen molar-refractivity contribution in [1.82, 2.24) is 16.0 Å². The zero-order valence-electron chi connectivity index (χ0n) is 16.2. The minimum Gasteiger partial charge on any atom is -0.508 e. The molecule has 0 aliphatic heterocycles. The highest BCUT2D eigenvalue weighted by molar-refractivity contribution is 6.05. The predicted molar refractivity (Wildman–Crippen MR) is 108 cm³/mol. The largest absolute Gasteiger partial charge is 0.508 e. The molecule has 1 aliphatic rings. The Kier molecular flexibility index (Phi) is 8.10. The molecule has 0 heterocycles. The Hall–Kier alpha value is -2.77. The number of aromatic hydroxyl groups is 1. The van der Waals surface area contributed by atoms with E-state index in [4.69, 9.17) is 11.1 Å². The van der Waals surface area contributed by atoms with Gasteiger partial charge in [0.1, 0.15) is 11.2 Å². The SMILES string of the molecule is N=C(N)NCCCCNC(=O)C1(C(=O)NCCc2ccc(O)cc2)CCCC1. The lowest BCUT2D eigenvalue weighted by Crippen LogP contribution is -2.50. The Bertz CT molecular complexity index is 669. The van der Waals surface area contributed by atoms with Crippen molar-refractivity contribution in [2.45, 2.75) is 44.9 Å². The maximum absolute atomic E-state index is 12.8. The summed E-state index contributed by atoms with van der Waals surface area (Å²) in [6.45, 7) is 1.55. The van der Waals surface area contributed by atoms with Gasteiger partial charge in [-0.3, -0.25) is 15.0 Å². The molecule has 1 aromatic rings. The highest BCUT2D eigenvalue weighted by atomic mass is 16.3. The van der Waals surface area contributed by atoms with Crippen molar-refractivity contribution in [2.75, 3.05) is 19.6 Å². The molecular formula is C20H31N5O3. The molecule has 0 atom stereocenters. The van der Waals surface area contributed by atoms with Gasteiger partial charge in [-0.1, -0.05) is 25.0 Å². The van der Waals surface area contributed by atoms with Crippen molar-refractivity contribution in [3.63, 3.8) is 0 Å². The molecule has 8 nitrogen and oxygen atoms in total. The molecule has 0 aromatic heterocycles. The maximum Gasteiger partial charge on any atom is 0.235 e. The quantitative estimate of drug-likeness (QED) is 0.153. The van der Waals surface area contributed by atoms with E-state index in [9.17, 15) is 14.7 Å². The summed E-state index contributed by atoms with van der Waals surface area (Å²) >= 11 is 0. The van der Waals surface area contributed by atoms with Gasteiger partial charge in [0.2, 0.25) is 11.8 Å². The first-order chi connectivity index (χ1) is 13.4. The molecule has 2 amide bonds. The minimum atomic E-state index is -0.966. The second-order valence-corrected chi connectivity index (χ2v) is 7.27. The molecule has 0 spiro atoms. The average Bonchev–Trinajstić information content (AvgIpc) is 3.17. The molecule has 1 fully saturated rings. The van der Waals surface area contributed by atoms with Crippen LogP contribution < -0.4 is 21.7 Å². The van der Waals surface area contributed by atoms with Gasteiger partial charge in [-0.2, -0.15) is 0 Å². The lowest BCUT2D eigenvalue weighted by atomic mass is 9.83. The van der Waals surface area contributed by atoms with Crippen LogP contribution >= 0.6 is 0 Å². The van der Waals surface area contributed by atoms with Crippen LogP contribution in [0.2, 0.25) is 0 Å². The predicted octanol–water partition coefficient (Wildman–Crippen LogP) is 0.991. The van der Waals surface area contributed by atoms with E-state index >= 15 is 0 Å². The second-order valence-electron chi connectivity index (χ2n) is 7.27. The van der Waals surface area contributed by atoms with E-state index in [-0.39, 0.29) is 23.5 Å². The lowest BCUT2D eigenvalue weighted by Gasteiger charge is -2.26. The van der Waals surface area contributed by atoms with Crippen molar-refractivity contribution >= 4 is 17.8 Å². The van der Waals surface area contributed by atoms with Gasteiger partial charge >= 0.3 is 0 Å². The first-order valence-electron chi connectivity index (χ1n) is 9.86. The zero-order valence-corrected chi connectivity index (χ0v) is 16.2. The monoisotopic (exact) mass is 389 g/mol. The van der Waals surface area contributed by atoms with Crippen LogP contribution in [-0.4, -0.2) is 42.5 Å². The molecule has 0 bridgehead atoms. The molecule has 8 heteroatoms. The molecule has 1 aliphatic carbocycles. The number of phenols is 1. The van der Waals surface area contributed by atoms with Crippen LogP contribution in [0.1, 0.15) is 44.1 Å². The average molecular weight is 390 g/mol. The number of hydrogen-bond acceptors (Lipinski definition) is 4. The third-order valence-electron chi connectivity index (χ3n) is 5.17. The first kappa shape index (κ1) is 21.5. The van der Waals surface area contributed by atoms with E-state index in [1.54, 1.807) is 12.1 Å². The smallest absolute Gasteiger partial charge is 0.235 e. The highest BCUT2D eigenvalue weighted by Gasteiger charge is 2.47. The van der Waals surface area contributed by atoms with Gasteiger partial charge in [-0.25, -0.2) is 0 Å². The number of benzene rings is 1. The molecule has 0 radical (unpaired) electrons. The van der Waals surface area contributed by atoms with E-state index in [1.807, 2.05) is 12.1 Å². The van der Waals surface area contributed by atoms with E-state index < -0.39 is 5.41 Å². The van der Waals surface area contributed by atoms with Gasteiger partial charge < -0.3 is 26.8 Å². The van der Waals surface area contributed by atoms with Crippen LogP contribution in [0.25, 0.3) is 0 Å². The first-order valence-corrected chi connectivity index (χ1v) is 9.86. The van der Waals surface area contributed by atoms with Crippen LogP contribution in [0.15, 0.2) is 24.3 Å². The number of hydrogen-bond donors (Lipinski definition) is 6. The summed E-state index contributed by atoms with van der Waals surface area (Å²) in [6, 6.07) is 6.88. The van der Waals surface area contributed by atoms with Crippen molar-refractivity contribution in [1.29, 1.82) is 5.41 Å². The van der Waals surface area contributed by atoms with E-state index in [2.05, 4.69) is 16.0 Å². The Labute approximate surface area is 165 Å². The maximum atomic E-state index is 12.8. The number of carbonyl (C=O) groups is 2. The van der Waals surface area contributed by atoms with Crippen LogP contribution in [0, 0.1) is 10.8 Å². The van der Waals surface area contributed by atoms with Gasteiger partial charge in [-0.15, -0.1) is 0 Å². The van der Waals surface area contributed by atoms with Crippen molar-refractivity contribution in [2.24, 2.45) is 11.1 Å². The fraction of sp³-hybridized carbons (Fsp3) is 0.550. The number of nitrogens with one attached hydrogen (secondary N) is 4. The van der Waals surface area contributed by atoms with Crippen LogP contribution in [0.5, 0.6) is 5.75 Å². The molecule has 1 aromatic carbocycles. The Morgan fingerprint density at radius 2 is 1.50 bits per heavy atom. The normalized spacial score (nSPS) is 15.0. The van der Waals surface area contributed by atoms with Crippen LogP contribution in [-0.2, 0) is 16.0 Å². The van der Waals surface area contributed by atoms with Gasteiger partial charge in [0.15, 0.2) is 5.96 Å². The summed E-state index contributed by atoms with van der Waals surface area (Å²) in [5, 5.41) is 25.0. The molecule has 1 saturated carbocycles. The standard InChI is InChI=1S/C20H31N5O3/c21-19(22)25-13-4-3-12-23-17(27)20(10-1-2-11-20)18(28)24-14-9-15-5-7-16(26)8-6-15/h5-8,26H,1-4,9-14H2,(H,23,27)(H,24,28)(H4,21,22,25). The fourth-order valence-electron chi connectivity index (χ4n) is 3.53. The summed E-state index contributed by atoms with van der Waals surface area (Å²) in [5.74, 6) is -0.226. The van der Waals surface area contributed by atoms with Crippen LogP contribution in [0.3, 0.4) is 0 Å². The number of phenolic OH excluding ortho intramolecular Hbond substituents is 1. The number of rotatable bonds is 10. The molecule has 0 unspecified atom stereocenters. The van der Waals surface area contributed by atoms with Crippen LogP contribution in [0.4, 0.5) is 0 Å². The summed E-state index contributed by atoms with van der Waals surface area (Å²) in [7, 11) is 0. The highest BCUT2D eigenvalue weighted by Crippen LogP contribution is 2.38.